The van der Waals surface area contributed by atoms with Crippen molar-refractivity contribution in [1.82, 2.24) is 9.21 Å². The zero-order chi connectivity index (χ0) is 23.5. The second-order valence-electron chi connectivity index (χ2n) is 8.48. The van der Waals surface area contributed by atoms with Crippen molar-refractivity contribution in [1.29, 1.82) is 0 Å². The Hall–Kier alpha value is -2.52. The van der Waals surface area contributed by atoms with Gasteiger partial charge in [0.05, 0.1) is 4.90 Å². The third kappa shape index (κ3) is 5.83. The van der Waals surface area contributed by atoms with Crippen molar-refractivity contribution in [2.24, 2.45) is 11.8 Å². The van der Waals surface area contributed by atoms with Crippen LogP contribution in [0.3, 0.4) is 0 Å². The minimum absolute atomic E-state index is 0.0389. The molecule has 6 nitrogen and oxygen atoms in total. The molecule has 2 aromatic carbocycles. The quantitative estimate of drug-likeness (QED) is 0.613. The highest BCUT2D eigenvalue weighted by Gasteiger charge is 2.32. The monoisotopic (exact) mass is 466 g/mol. The number of nitrogens with zero attached hydrogens (tertiary/aromatic N) is 2. The zero-order valence-corrected chi connectivity index (χ0v) is 19.2. The maximum atomic E-state index is 13.2. The summed E-state index contributed by atoms with van der Waals surface area (Å²) in [4.78, 5) is 14.5. The van der Waals surface area contributed by atoms with Crippen molar-refractivity contribution in [2.75, 3.05) is 20.1 Å². The Morgan fingerprint density at radius 2 is 1.75 bits per heavy atom. The highest BCUT2D eigenvalue weighted by molar-refractivity contribution is 7.89. The SMILES string of the molecule is CC1CC(C)CN(S(=O)(=O)c2cccc(C(=O)N(C)Cc3ccc(OC(F)F)cc3)c2)C1. The topological polar surface area (TPSA) is 66.9 Å². The Balaban J connectivity index is 1.73. The van der Waals surface area contributed by atoms with Gasteiger partial charge in [-0.1, -0.05) is 32.0 Å². The number of halogens is 2. The second-order valence-corrected chi connectivity index (χ2v) is 10.4. The maximum Gasteiger partial charge on any atom is 0.387 e. The molecule has 1 aliphatic heterocycles. The third-order valence-corrected chi connectivity index (χ3v) is 7.30. The molecule has 9 heteroatoms. The maximum absolute atomic E-state index is 13.2. The number of hydrogen-bond acceptors (Lipinski definition) is 4. The number of ether oxygens (including phenoxy) is 1. The smallest absolute Gasteiger partial charge is 0.387 e. The van der Waals surface area contributed by atoms with Gasteiger partial charge in [-0.3, -0.25) is 4.79 Å². The average Bonchev–Trinajstić information content (AvgIpc) is 2.73. The zero-order valence-electron chi connectivity index (χ0n) is 18.4. The van der Waals surface area contributed by atoms with Crippen molar-refractivity contribution in [3.05, 3.63) is 59.7 Å². The van der Waals surface area contributed by atoms with E-state index in [-0.39, 0.29) is 40.5 Å². The summed E-state index contributed by atoms with van der Waals surface area (Å²) in [6.45, 7) is 2.35. The van der Waals surface area contributed by atoms with Gasteiger partial charge in [0.15, 0.2) is 0 Å². The van der Waals surface area contributed by atoms with Crippen LogP contribution in [-0.4, -0.2) is 50.3 Å². The lowest BCUT2D eigenvalue weighted by Crippen LogP contribution is -2.42. The van der Waals surface area contributed by atoms with E-state index in [1.54, 1.807) is 31.3 Å². The number of hydrogen-bond donors (Lipinski definition) is 0. The molecule has 0 bridgehead atoms. The minimum Gasteiger partial charge on any atom is -0.435 e. The molecule has 0 saturated carbocycles. The van der Waals surface area contributed by atoms with Gasteiger partial charge in [-0.05, 0) is 54.2 Å². The molecule has 2 unspecified atom stereocenters. The van der Waals surface area contributed by atoms with E-state index in [1.807, 2.05) is 13.8 Å². The Morgan fingerprint density at radius 1 is 1.12 bits per heavy atom. The molecule has 1 saturated heterocycles. The van der Waals surface area contributed by atoms with Gasteiger partial charge < -0.3 is 9.64 Å². The molecule has 2 atom stereocenters. The molecular weight excluding hydrogens is 438 g/mol. The van der Waals surface area contributed by atoms with Crippen LogP contribution in [0.25, 0.3) is 0 Å². The van der Waals surface area contributed by atoms with Crippen molar-refractivity contribution in [3.63, 3.8) is 0 Å². The predicted molar refractivity (Wildman–Crippen MR) is 117 cm³/mol. The molecule has 174 valence electrons. The van der Waals surface area contributed by atoms with Crippen LogP contribution >= 0.6 is 0 Å². The summed E-state index contributed by atoms with van der Waals surface area (Å²) in [5.74, 6) is 0.260. The summed E-state index contributed by atoms with van der Waals surface area (Å²) in [5, 5.41) is 0. The molecule has 0 aliphatic carbocycles. The van der Waals surface area contributed by atoms with E-state index in [0.717, 1.165) is 12.0 Å². The summed E-state index contributed by atoms with van der Waals surface area (Å²) < 4.78 is 56.7. The molecule has 1 aliphatic rings. The van der Waals surface area contributed by atoms with E-state index in [9.17, 15) is 22.0 Å². The van der Waals surface area contributed by atoms with E-state index in [1.165, 1.54) is 33.5 Å². The standard InChI is InChI=1S/C23H28F2N2O4S/c1-16-11-17(2)14-27(13-16)32(29,30)21-6-4-5-19(12-21)22(28)26(3)15-18-7-9-20(10-8-18)31-23(24)25/h4-10,12,16-17,23H,11,13-15H2,1-3H3. The van der Waals surface area contributed by atoms with Gasteiger partial charge >= 0.3 is 6.61 Å². The highest BCUT2D eigenvalue weighted by atomic mass is 32.2. The minimum atomic E-state index is -3.70. The molecule has 2 aromatic rings. The molecule has 0 N–H and O–H groups in total. The number of benzene rings is 2. The molecule has 1 amide bonds. The van der Waals surface area contributed by atoms with Gasteiger partial charge in [0.25, 0.3) is 5.91 Å². The summed E-state index contributed by atoms with van der Waals surface area (Å²) in [7, 11) is -2.10. The van der Waals surface area contributed by atoms with Crippen molar-refractivity contribution in [2.45, 2.75) is 38.3 Å². The van der Waals surface area contributed by atoms with Gasteiger partial charge in [-0.15, -0.1) is 0 Å². The Labute approximate surface area is 187 Å². The molecule has 1 heterocycles. The van der Waals surface area contributed by atoms with Gasteiger partial charge in [0, 0.05) is 32.2 Å². The van der Waals surface area contributed by atoms with Crippen molar-refractivity contribution < 1.29 is 26.7 Å². The normalized spacial score (nSPS) is 19.7. The number of sulfonamides is 1. The Bertz CT molecular complexity index is 1030. The van der Waals surface area contributed by atoms with Crippen molar-refractivity contribution >= 4 is 15.9 Å². The van der Waals surface area contributed by atoms with Crippen molar-refractivity contribution in [3.8, 4) is 5.75 Å². The number of piperidine rings is 1. The third-order valence-electron chi connectivity index (χ3n) is 5.47. The predicted octanol–water partition coefficient (Wildman–Crippen LogP) is 4.23. The summed E-state index contributed by atoms with van der Waals surface area (Å²) >= 11 is 0. The first kappa shape index (κ1) is 24.1. The molecule has 3 rings (SSSR count). The lowest BCUT2D eigenvalue weighted by molar-refractivity contribution is -0.0498. The van der Waals surface area contributed by atoms with E-state index in [0.29, 0.717) is 13.1 Å². The second kappa shape index (κ2) is 9.95. The number of rotatable bonds is 7. The molecule has 0 aromatic heterocycles. The van der Waals surface area contributed by atoms with Gasteiger partial charge in [-0.2, -0.15) is 13.1 Å². The summed E-state index contributed by atoms with van der Waals surface area (Å²) in [5.41, 5.74) is 0.992. The van der Waals surface area contributed by atoms with Gasteiger partial charge in [-0.25, -0.2) is 8.42 Å². The summed E-state index contributed by atoms with van der Waals surface area (Å²) in [6.07, 6.45) is 0.991. The number of carbonyl (C=O) groups is 1. The fourth-order valence-electron chi connectivity index (χ4n) is 4.08. The largest absolute Gasteiger partial charge is 0.435 e. The van der Waals surface area contributed by atoms with Gasteiger partial charge in [0.2, 0.25) is 10.0 Å². The molecule has 0 radical (unpaired) electrons. The van der Waals surface area contributed by atoms with Gasteiger partial charge in [0.1, 0.15) is 5.75 Å². The van der Waals surface area contributed by atoms with Crippen LogP contribution in [0.15, 0.2) is 53.4 Å². The first-order valence-electron chi connectivity index (χ1n) is 10.5. The molecular formula is C23H28F2N2O4S. The average molecular weight is 467 g/mol. The Kier molecular flexibility index (Phi) is 7.51. The number of amides is 1. The van der Waals surface area contributed by atoms with E-state index < -0.39 is 16.6 Å². The van der Waals surface area contributed by atoms with Crippen LogP contribution < -0.4 is 4.74 Å². The molecule has 32 heavy (non-hydrogen) atoms. The highest BCUT2D eigenvalue weighted by Crippen LogP contribution is 2.27. The van der Waals surface area contributed by atoms with Crippen LogP contribution in [0, 0.1) is 11.8 Å². The van der Waals surface area contributed by atoms with E-state index >= 15 is 0 Å². The first-order chi connectivity index (χ1) is 15.1. The number of alkyl halides is 2. The fraction of sp³-hybridized carbons (Fsp3) is 0.435. The summed E-state index contributed by atoms with van der Waals surface area (Å²) in [6, 6.07) is 12.1. The molecule has 1 fully saturated rings. The van der Waals surface area contributed by atoms with Crippen LogP contribution in [0.5, 0.6) is 5.75 Å². The first-order valence-corrected chi connectivity index (χ1v) is 11.9. The fourth-order valence-corrected chi connectivity index (χ4v) is 5.81. The Morgan fingerprint density at radius 3 is 2.34 bits per heavy atom. The number of carbonyl (C=O) groups excluding carboxylic acids is 1. The van der Waals surface area contributed by atoms with Crippen LogP contribution in [0.1, 0.15) is 36.2 Å². The van der Waals surface area contributed by atoms with E-state index in [4.69, 9.17) is 0 Å². The van der Waals surface area contributed by atoms with E-state index in [2.05, 4.69) is 4.74 Å². The lowest BCUT2D eigenvalue weighted by atomic mass is 9.94. The van der Waals surface area contributed by atoms with Crippen LogP contribution in [-0.2, 0) is 16.6 Å². The molecule has 0 spiro atoms. The van der Waals surface area contributed by atoms with Crippen LogP contribution in [0.2, 0.25) is 0 Å². The van der Waals surface area contributed by atoms with Crippen LogP contribution in [0.4, 0.5) is 8.78 Å². The lowest BCUT2D eigenvalue weighted by Gasteiger charge is -2.34.